The lowest BCUT2D eigenvalue weighted by molar-refractivity contribution is 0.103. The van der Waals surface area contributed by atoms with Gasteiger partial charge in [-0.05, 0) is 67.3 Å². The number of halogens is 1. The number of hydrogen-bond donors (Lipinski definition) is 1. The molecule has 2 aromatic carbocycles. The number of fused-ring (bicyclic) bond motifs is 1. The fraction of sp³-hybridized carbons (Fsp3) is 0.235. The Morgan fingerprint density at radius 3 is 2.70 bits per heavy atom. The second kappa shape index (κ2) is 5.08. The van der Waals surface area contributed by atoms with Crippen LogP contribution in [-0.2, 0) is 6.42 Å². The van der Waals surface area contributed by atoms with Crippen LogP contribution in [0.5, 0.6) is 0 Å². The van der Waals surface area contributed by atoms with Crippen LogP contribution in [0.15, 0.2) is 36.4 Å². The standard InChI is InChI=1S/C17H16FNO/c1-11-9-13(4-6-15(11)18)17(20)14-5-7-16-12(10-14)3-2-8-19-16/h4-7,9-10,19H,2-3,8H2,1H3. The average Bonchev–Trinajstić information content (AvgIpc) is 2.49. The summed E-state index contributed by atoms with van der Waals surface area (Å²) >= 11 is 0. The molecular formula is C17H16FNO. The number of carbonyl (C=O) groups excluding carboxylic acids is 1. The third-order valence-corrected chi connectivity index (χ3v) is 3.73. The van der Waals surface area contributed by atoms with Gasteiger partial charge in [0.25, 0.3) is 0 Å². The molecule has 0 bridgehead atoms. The summed E-state index contributed by atoms with van der Waals surface area (Å²) in [6, 6.07) is 10.2. The number of nitrogens with one attached hydrogen (secondary N) is 1. The molecule has 102 valence electrons. The summed E-state index contributed by atoms with van der Waals surface area (Å²) in [5, 5.41) is 3.32. The molecule has 3 rings (SSSR count). The van der Waals surface area contributed by atoms with Crippen LogP contribution < -0.4 is 5.32 Å². The summed E-state index contributed by atoms with van der Waals surface area (Å²) in [4.78, 5) is 12.5. The Balaban J connectivity index is 1.95. The highest BCUT2D eigenvalue weighted by Gasteiger charge is 2.14. The highest BCUT2D eigenvalue weighted by atomic mass is 19.1. The Bertz CT molecular complexity index is 679. The molecule has 2 nitrogen and oxygen atoms in total. The van der Waals surface area contributed by atoms with Crippen LogP contribution in [0.25, 0.3) is 0 Å². The van der Waals surface area contributed by atoms with Crippen LogP contribution in [0.3, 0.4) is 0 Å². The van der Waals surface area contributed by atoms with Crippen molar-refractivity contribution >= 4 is 11.5 Å². The first-order valence-electron chi connectivity index (χ1n) is 6.83. The number of hydrogen-bond acceptors (Lipinski definition) is 2. The lowest BCUT2D eigenvalue weighted by Gasteiger charge is -2.18. The van der Waals surface area contributed by atoms with Crippen molar-refractivity contribution in [2.45, 2.75) is 19.8 Å². The first kappa shape index (κ1) is 12.9. The number of benzene rings is 2. The third-order valence-electron chi connectivity index (χ3n) is 3.73. The van der Waals surface area contributed by atoms with E-state index in [-0.39, 0.29) is 11.6 Å². The van der Waals surface area contributed by atoms with Gasteiger partial charge in [0.2, 0.25) is 0 Å². The highest BCUT2D eigenvalue weighted by Crippen LogP contribution is 2.24. The lowest BCUT2D eigenvalue weighted by atomic mass is 9.96. The third kappa shape index (κ3) is 2.31. The molecule has 0 atom stereocenters. The fourth-order valence-corrected chi connectivity index (χ4v) is 2.57. The maximum atomic E-state index is 13.3. The Morgan fingerprint density at radius 1 is 1.15 bits per heavy atom. The molecule has 0 spiro atoms. The molecule has 0 aliphatic carbocycles. The zero-order valence-electron chi connectivity index (χ0n) is 11.4. The van der Waals surface area contributed by atoms with Gasteiger partial charge in [-0.15, -0.1) is 0 Å². The molecule has 1 aliphatic heterocycles. The van der Waals surface area contributed by atoms with E-state index in [0.717, 1.165) is 25.1 Å². The van der Waals surface area contributed by atoms with Gasteiger partial charge in [-0.25, -0.2) is 4.39 Å². The van der Waals surface area contributed by atoms with Gasteiger partial charge in [0.15, 0.2) is 5.78 Å². The normalized spacial score (nSPS) is 13.5. The van der Waals surface area contributed by atoms with Crippen molar-refractivity contribution in [3.8, 4) is 0 Å². The van der Waals surface area contributed by atoms with Gasteiger partial charge in [-0.2, -0.15) is 0 Å². The van der Waals surface area contributed by atoms with Crippen molar-refractivity contribution < 1.29 is 9.18 Å². The Morgan fingerprint density at radius 2 is 1.90 bits per heavy atom. The lowest BCUT2D eigenvalue weighted by Crippen LogP contribution is -2.13. The monoisotopic (exact) mass is 269 g/mol. The van der Waals surface area contributed by atoms with Gasteiger partial charge in [0, 0.05) is 23.4 Å². The summed E-state index contributed by atoms with van der Waals surface area (Å²) in [6.45, 7) is 2.65. The van der Waals surface area contributed by atoms with Gasteiger partial charge < -0.3 is 5.32 Å². The number of aryl methyl sites for hydroxylation is 2. The molecule has 0 fully saturated rings. The summed E-state index contributed by atoms with van der Waals surface area (Å²) < 4.78 is 13.3. The molecule has 0 saturated carbocycles. The van der Waals surface area contributed by atoms with Gasteiger partial charge in [-0.3, -0.25) is 4.79 Å². The van der Waals surface area contributed by atoms with E-state index >= 15 is 0 Å². The van der Waals surface area contributed by atoms with Gasteiger partial charge in [0.05, 0.1) is 0 Å². The maximum absolute atomic E-state index is 13.3. The van der Waals surface area contributed by atoms with Crippen LogP contribution in [0, 0.1) is 12.7 Å². The summed E-state index contributed by atoms with van der Waals surface area (Å²) in [7, 11) is 0. The molecule has 1 heterocycles. The van der Waals surface area contributed by atoms with Crippen LogP contribution in [0.1, 0.15) is 33.5 Å². The minimum atomic E-state index is -0.281. The van der Waals surface area contributed by atoms with E-state index in [2.05, 4.69) is 5.32 Å². The van der Waals surface area contributed by atoms with E-state index in [4.69, 9.17) is 0 Å². The van der Waals surface area contributed by atoms with E-state index in [1.165, 1.54) is 11.6 Å². The molecule has 0 radical (unpaired) electrons. The summed E-state index contributed by atoms with van der Waals surface area (Å²) in [5.74, 6) is -0.335. The molecule has 1 N–H and O–H groups in total. The first-order valence-corrected chi connectivity index (χ1v) is 6.83. The topological polar surface area (TPSA) is 29.1 Å². The molecule has 20 heavy (non-hydrogen) atoms. The summed E-state index contributed by atoms with van der Waals surface area (Å²) in [5.41, 5.74) is 3.99. The smallest absolute Gasteiger partial charge is 0.193 e. The largest absolute Gasteiger partial charge is 0.385 e. The van der Waals surface area contributed by atoms with Crippen LogP contribution in [-0.4, -0.2) is 12.3 Å². The second-order valence-corrected chi connectivity index (χ2v) is 5.20. The van der Waals surface area contributed by atoms with E-state index in [1.807, 2.05) is 18.2 Å². The second-order valence-electron chi connectivity index (χ2n) is 5.20. The number of rotatable bonds is 2. The van der Waals surface area contributed by atoms with Crippen molar-refractivity contribution in [1.82, 2.24) is 0 Å². The van der Waals surface area contributed by atoms with E-state index in [9.17, 15) is 9.18 Å². The average molecular weight is 269 g/mol. The molecule has 0 aromatic heterocycles. The minimum absolute atomic E-state index is 0.0542. The van der Waals surface area contributed by atoms with E-state index < -0.39 is 0 Å². The van der Waals surface area contributed by atoms with Crippen molar-refractivity contribution in [3.05, 3.63) is 64.5 Å². The van der Waals surface area contributed by atoms with Crippen molar-refractivity contribution in [2.24, 2.45) is 0 Å². The number of carbonyl (C=O) groups is 1. The maximum Gasteiger partial charge on any atom is 0.193 e. The highest BCUT2D eigenvalue weighted by molar-refractivity contribution is 6.09. The fourth-order valence-electron chi connectivity index (χ4n) is 2.57. The first-order chi connectivity index (χ1) is 9.65. The Kier molecular flexibility index (Phi) is 3.26. The van der Waals surface area contributed by atoms with Crippen molar-refractivity contribution in [3.63, 3.8) is 0 Å². The molecule has 3 heteroatoms. The van der Waals surface area contributed by atoms with Crippen molar-refractivity contribution in [2.75, 3.05) is 11.9 Å². The number of anilines is 1. The van der Waals surface area contributed by atoms with Crippen molar-refractivity contribution in [1.29, 1.82) is 0 Å². The molecule has 1 aliphatic rings. The predicted molar refractivity (Wildman–Crippen MR) is 77.8 cm³/mol. The van der Waals surface area contributed by atoms with Gasteiger partial charge in [-0.1, -0.05) is 0 Å². The molecular weight excluding hydrogens is 253 g/mol. The predicted octanol–water partition coefficient (Wildman–Crippen LogP) is 3.72. The Hall–Kier alpha value is -2.16. The zero-order valence-corrected chi connectivity index (χ0v) is 11.4. The van der Waals surface area contributed by atoms with Gasteiger partial charge >= 0.3 is 0 Å². The van der Waals surface area contributed by atoms with Crippen LogP contribution in [0.4, 0.5) is 10.1 Å². The van der Waals surface area contributed by atoms with E-state index in [0.29, 0.717) is 16.7 Å². The zero-order chi connectivity index (χ0) is 14.1. The quantitative estimate of drug-likeness (QED) is 0.842. The summed E-state index contributed by atoms with van der Waals surface area (Å²) in [6.07, 6.45) is 2.08. The molecule has 0 amide bonds. The van der Waals surface area contributed by atoms with Crippen LogP contribution in [0.2, 0.25) is 0 Å². The minimum Gasteiger partial charge on any atom is -0.385 e. The molecule has 2 aromatic rings. The van der Waals surface area contributed by atoms with Crippen LogP contribution >= 0.6 is 0 Å². The molecule has 0 saturated heterocycles. The molecule has 0 unspecified atom stereocenters. The van der Waals surface area contributed by atoms with Gasteiger partial charge in [0.1, 0.15) is 5.82 Å². The SMILES string of the molecule is Cc1cc(C(=O)c2ccc3c(c2)CCCN3)ccc1F. The Labute approximate surface area is 117 Å². The van der Waals surface area contributed by atoms with E-state index in [1.54, 1.807) is 19.1 Å². The number of ketones is 1.